The Balaban J connectivity index is 1.58. The van der Waals surface area contributed by atoms with Crippen molar-refractivity contribution in [2.75, 3.05) is 12.3 Å². The Hall–Kier alpha value is -1.59. The zero-order chi connectivity index (χ0) is 14.7. The molecule has 1 aliphatic rings. The number of fused-ring (bicyclic) bond motifs is 1. The van der Waals surface area contributed by atoms with Crippen molar-refractivity contribution in [3.05, 3.63) is 59.9 Å². The van der Waals surface area contributed by atoms with E-state index in [0.717, 1.165) is 18.7 Å². The normalized spacial score (nSPS) is 15.8. The maximum absolute atomic E-state index is 12.4. The highest BCUT2D eigenvalue weighted by Gasteiger charge is 2.25. The summed E-state index contributed by atoms with van der Waals surface area (Å²) < 4.78 is 28.6. The van der Waals surface area contributed by atoms with E-state index in [1.165, 1.54) is 5.56 Å². The van der Waals surface area contributed by atoms with Crippen LogP contribution in [0, 0.1) is 0 Å². The Morgan fingerprint density at radius 1 is 1.00 bits per heavy atom. The number of hydrogen-bond acceptors (Lipinski definition) is 2. The monoisotopic (exact) mass is 304 g/mol. The quantitative estimate of drug-likeness (QED) is 0.850. The number of aromatic nitrogens is 1. The summed E-state index contributed by atoms with van der Waals surface area (Å²) in [4.78, 5) is 0. The Morgan fingerprint density at radius 2 is 1.81 bits per heavy atom. The van der Waals surface area contributed by atoms with Crippen LogP contribution in [0.4, 0.5) is 0 Å². The molecule has 1 aromatic carbocycles. The summed E-state index contributed by atoms with van der Waals surface area (Å²) in [7, 11) is -3.15. The Morgan fingerprint density at radius 3 is 2.62 bits per heavy atom. The zero-order valence-electron chi connectivity index (χ0n) is 12.0. The number of benzene rings is 1. The molecule has 0 atom stereocenters. The fourth-order valence-electron chi connectivity index (χ4n) is 2.76. The van der Waals surface area contributed by atoms with Gasteiger partial charge in [0.25, 0.3) is 0 Å². The van der Waals surface area contributed by atoms with Gasteiger partial charge in [-0.25, -0.2) is 8.42 Å². The Kier molecular flexibility index (Phi) is 4.12. The molecule has 0 fully saturated rings. The van der Waals surface area contributed by atoms with Crippen LogP contribution in [0.25, 0.3) is 0 Å². The van der Waals surface area contributed by atoms with Gasteiger partial charge in [-0.15, -0.1) is 0 Å². The van der Waals surface area contributed by atoms with Crippen LogP contribution in [-0.4, -0.2) is 29.6 Å². The fraction of sp³-hybridized carbons (Fsp3) is 0.375. The van der Waals surface area contributed by atoms with Crippen molar-refractivity contribution in [3.63, 3.8) is 0 Å². The average Bonchev–Trinajstić information content (AvgIpc) is 2.95. The summed E-state index contributed by atoms with van der Waals surface area (Å²) in [5, 5.41) is 0. The van der Waals surface area contributed by atoms with Crippen molar-refractivity contribution in [3.8, 4) is 0 Å². The van der Waals surface area contributed by atoms with Crippen LogP contribution in [0.15, 0.2) is 48.7 Å². The first-order chi connectivity index (χ1) is 10.1. The fourth-order valence-corrected chi connectivity index (χ4v) is 4.22. The molecule has 5 heteroatoms. The summed E-state index contributed by atoms with van der Waals surface area (Å²) in [6.07, 6.45) is 3.49. The molecular weight excluding hydrogens is 284 g/mol. The van der Waals surface area contributed by atoms with E-state index in [-0.39, 0.29) is 5.75 Å². The van der Waals surface area contributed by atoms with Crippen LogP contribution < -0.4 is 0 Å². The van der Waals surface area contributed by atoms with Gasteiger partial charge in [0, 0.05) is 25.0 Å². The molecule has 0 radical (unpaired) electrons. The third-order valence-corrected chi connectivity index (χ3v) is 5.86. The number of sulfonamides is 1. The van der Waals surface area contributed by atoms with Gasteiger partial charge in [-0.05, 0) is 30.5 Å². The minimum absolute atomic E-state index is 0.225. The van der Waals surface area contributed by atoms with Crippen LogP contribution in [0.5, 0.6) is 0 Å². The van der Waals surface area contributed by atoms with Crippen molar-refractivity contribution in [1.29, 1.82) is 0 Å². The molecule has 0 aliphatic carbocycles. The molecule has 2 aromatic rings. The van der Waals surface area contributed by atoms with Gasteiger partial charge in [-0.2, -0.15) is 4.31 Å². The molecule has 2 heterocycles. The van der Waals surface area contributed by atoms with E-state index in [2.05, 4.69) is 4.57 Å². The molecule has 0 N–H and O–H groups in total. The van der Waals surface area contributed by atoms with Gasteiger partial charge < -0.3 is 4.57 Å². The lowest BCUT2D eigenvalue weighted by molar-refractivity contribution is 0.341. The molecule has 0 spiro atoms. The molecule has 0 unspecified atom stereocenters. The highest BCUT2D eigenvalue weighted by molar-refractivity contribution is 7.89. The van der Waals surface area contributed by atoms with Gasteiger partial charge in [-0.3, -0.25) is 0 Å². The molecule has 1 aliphatic heterocycles. The van der Waals surface area contributed by atoms with Crippen molar-refractivity contribution in [2.45, 2.75) is 25.9 Å². The lowest BCUT2D eigenvalue weighted by Gasteiger charge is -2.27. The van der Waals surface area contributed by atoms with E-state index in [1.807, 2.05) is 48.7 Å². The average molecular weight is 304 g/mol. The van der Waals surface area contributed by atoms with E-state index in [9.17, 15) is 8.42 Å². The van der Waals surface area contributed by atoms with Gasteiger partial charge in [0.05, 0.1) is 12.3 Å². The summed E-state index contributed by atoms with van der Waals surface area (Å²) in [6.45, 7) is 1.83. The maximum Gasteiger partial charge on any atom is 0.214 e. The van der Waals surface area contributed by atoms with Gasteiger partial charge in [0.15, 0.2) is 0 Å². The lowest BCUT2D eigenvalue weighted by atomic mass is 10.1. The molecular formula is C16H20N2O2S. The zero-order valence-corrected chi connectivity index (χ0v) is 12.8. The lowest BCUT2D eigenvalue weighted by Crippen LogP contribution is -2.39. The van der Waals surface area contributed by atoms with Crippen LogP contribution in [-0.2, 0) is 29.5 Å². The summed E-state index contributed by atoms with van der Waals surface area (Å²) >= 11 is 0. The molecule has 1 aromatic heterocycles. The molecule has 0 saturated heterocycles. The number of aryl methyl sites for hydroxylation is 1. The van der Waals surface area contributed by atoms with Gasteiger partial charge >= 0.3 is 0 Å². The first kappa shape index (κ1) is 14.4. The predicted octanol–water partition coefficient (Wildman–Crippen LogP) is 2.27. The van der Waals surface area contributed by atoms with Crippen LogP contribution in [0.3, 0.4) is 0 Å². The third-order valence-electron chi connectivity index (χ3n) is 3.96. The van der Waals surface area contributed by atoms with E-state index in [1.54, 1.807) is 4.31 Å². The second-order valence-electron chi connectivity index (χ2n) is 5.43. The van der Waals surface area contributed by atoms with Crippen molar-refractivity contribution < 1.29 is 8.42 Å². The third kappa shape index (κ3) is 3.36. The molecule has 3 rings (SSSR count). The van der Waals surface area contributed by atoms with Gasteiger partial charge in [0.2, 0.25) is 10.0 Å². The number of rotatable bonds is 5. The molecule has 21 heavy (non-hydrogen) atoms. The van der Waals surface area contributed by atoms with Crippen LogP contribution in [0.1, 0.15) is 17.7 Å². The van der Waals surface area contributed by atoms with Crippen LogP contribution >= 0.6 is 0 Å². The van der Waals surface area contributed by atoms with E-state index < -0.39 is 10.0 Å². The highest BCUT2D eigenvalue weighted by Crippen LogP contribution is 2.17. The summed E-state index contributed by atoms with van der Waals surface area (Å²) in [5.74, 6) is 0.225. The van der Waals surface area contributed by atoms with Gasteiger partial charge in [-0.1, -0.05) is 30.3 Å². The van der Waals surface area contributed by atoms with E-state index in [4.69, 9.17) is 0 Å². The predicted molar refractivity (Wildman–Crippen MR) is 83.4 cm³/mol. The summed E-state index contributed by atoms with van der Waals surface area (Å²) in [5.41, 5.74) is 2.27. The Labute approximate surface area is 126 Å². The topological polar surface area (TPSA) is 42.3 Å². The number of hydrogen-bond donors (Lipinski definition) is 0. The Bertz CT molecular complexity index is 692. The van der Waals surface area contributed by atoms with Crippen molar-refractivity contribution in [1.82, 2.24) is 8.87 Å². The number of nitrogens with zero attached hydrogens (tertiary/aromatic N) is 2. The molecule has 0 bridgehead atoms. The van der Waals surface area contributed by atoms with Gasteiger partial charge in [0.1, 0.15) is 0 Å². The molecule has 0 amide bonds. The first-order valence-electron chi connectivity index (χ1n) is 7.31. The van der Waals surface area contributed by atoms with Crippen molar-refractivity contribution in [2.24, 2.45) is 0 Å². The second-order valence-corrected chi connectivity index (χ2v) is 7.52. The minimum atomic E-state index is -3.15. The largest absolute Gasteiger partial charge is 0.349 e. The van der Waals surface area contributed by atoms with Crippen LogP contribution in [0.2, 0.25) is 0 Å². The minimum Gasteiger partial charge on any atom is -0.349 e. The SMILES string of the molecule is O=S(=O)(CCCc1ccccc1)N1CCn2cccc2C1. The first-order valence-corrected chi connectivity index (χ1v) is 8.92. The molecule has 0 saturated carbocycles. The maximum atomic E-state index is 12.4. The molecule has 4 nitrogen and oxygen atoms in total. The summed E-state index contributed by atoms with van der Waals surface area (Å²) in [6, 6.07) is 14.0. The van der Waals surface area contributed by atoms with Crippen molar-refractivity contribution >= 4 is 10.0 Å². The standard InChI is InChI=1S/C16H20N2O2S/c19-21(20,13-5-8-15-6-2-1-3-7-15)18-12-11-17-10-4-9-16(17)14-18/h1-4,6-7,9-10H,5,8,11-14H2. The second kappa shape index (κ2) is 6.03. The smallest absolute Gasteiger partial charge is 0.214 e. The highest BCUT2D eigenvalue weighted by atomic mass is 32.2. The van der Waals surface area contributed by atoms with E-state index >= 15 is 0 Å². The molecule has 112 valence electrons. The van der Waals surface area contributed by atoms with E-state index in [0.29, 0.717) is 19.5 Å².